The summed E-state index contributed by atoms with van der Waals surface area (Å²) >= 11 is 0. The van der Waals surface area contributed by atoms with E-state index in [-0.39, 0.29) is 17.9 Å². The zero-order chi connectivity index (χ0) is 21.0. The number of halogens is 2. The molecule has 0 atom stereocenters. The third kappa shape index (κ3) is 4.56. The maximum atomic E-state index is 12.9. The molecule has 1 fully saturated rings. The van der Waals surface area contributed by atoms with Gasteiger partial charge in [0.1, 0.15) is 17.5 Å². The van der Waals surface area contributed by atoms with Gasteiger partial charge in [-0.2, -0.15) is 14.0 Å². The van der Waals surface area contributed by atoms with E-state index in [2.05, 4.69) is 14.9 Å². The Labute approximate surface area is 168 Å². The fourth-order valence-electron chi connectivity index (χ4n) is 4.07. The van der Waals surface area contributed by atoms with Crippen molar-refractivity contribution in [3.8, 4) is 6.07 Å². The van der Waals surface area contributed by atoms with Gasteiger partial charge < -0.3 is 9.88 Å². The van der Waals surface area contributed by atoms with Gasteiger partial charge in [0.2, 0.25) is 0 Å². The Morgan fingerprint density at radius 1 is 1.38 bits per heavy atom. The third-order valence-electron chi connectivity index (χ3n) is 5.49. The lowest BCUT2D eigenvalue weighted by Crippen LogP contribution is -2.26. The van der Waals surface area contributed by atoms with Crippen LogP contribution in [-0.2, 0) is 11.3 Å². The first kappa shape index (κ1) is 20.8. The zero-order valence-electron chi connectivity index (χ0n) is 16.7. The van der Waals surface area contributed by atoms with Crippen LogP contribution in [0, 0.1) is 25.2 Å². The van der Waals surface area contributed by atoms with E-state index in [9.17, 15) is 18.8 Å². The van der Waals surface area contributed by atoms with Gasteiger partial charge in [-0.25, -0.2) is 4.98 Å². The summed E-state index contributed by atoms with van der Waals surface area (Å²) in [5.74, 6) is -0.583. The largest absolute Gasteiger partial charge is 0.346 e. The van der Waals surface area contributed by atoms with Crippen LogP contribution in [0.15, 0.2) is 24.0 Å². The number of amides is 1. The Balaban J connectivity index is 1.76. The summed E-state index contributed by atoms with van der Waals surface area (Å²) in [6, 6.07) is 4.36. The summed E-state index contributed by atoms with van der Waals surface area (Å²) in [4.78, 5) is 16.2. The van der Waals surface area contributed by atoms with Crippen molar-refractivity contribution in [2.45, 2.75) is 65.1 Å². The zero-order valence-corrected chi connectivity index (χ0v) is 16.7. The molecule has 2 aromatic rings. The van der Waals surface area contributed by atoms with Gasteiger partial charge in [0, 0.05) is 29.8 Å². The van der Waals surface area contributed by atoms with Crippen molar-refractivity contribution >= 4 is 12.0 Å². The lowest BCUT2D eigenvalue weighted by Gasteiger charge is -2.26. The predicted molar refractivity (Wildman–Crippen MR) is 105 cm³/mol. The molecule has 0 aromatic carbocycles. The fourth-order valence-corrected chi connectivity index (χ4v) is 4.07. The average molecular weight is 401 g/mol. The lowest BCUT2D eigenvalue weighted by atomic mass is 9.95. The molecule has 1 amide bonds. The van der Waals surface area contributed by atoms with Gasteiger partial charge in [-0.1, -0.05) is 19.3 Å². The molecular formula is C21H25F2N5O. The van der Waals surface area contributed by atoms with Crippen LogP contribution in [0.5, 0.6) is 0 Å². The van der Waals surface area contributed by atoms with Crippen molar-refractivity contribution in [3.05, 3.63) is 46.8 Å². The van der Waals surface area contributed by atoms with Crippen LogP contribution < -0.4 is 5.32 Å². The Morgan fingerprint density at radius 3 is 2.76 bits per heavy atom. The van der Waals surface area contributed by atoms with E-state index in [0.29, 0.717) is 10.6 Å². The molecule has 0 saturated heterocycles. The van der Waals surface area contributed by atoms with Crippen LogP contribution in [0.2, 0.25) is 0 Å². The standard InChI is InChI=1S/C21H25F2N5O/c1-14-10-16(15(2)28(14)18-6-4-3-5-7-18)11-17(12-24)20(29)26-13-19-25-8-9-27(19)21(22)23/h8-11,18,21H,3-7,13H2,1-2H3,(H,26,29)/b17-11-. The van der Waals surface area contributed by atoms with Gasteiger partial charge in [-0.05, 0) is 44.4 Å². The second-order valence-corrected chi connectivity index (χ2v) is 7.37. The molecule has 2 aromatic heterocycles. The van der Waals surface area contributed by atoms with E-state index in [1.54, 1.807) is 6.08 Å². The van der Waals surface area contributed by atoms with Crippen LogP contribution in [-0.4, -0.2) is 20.0 Å². The first-order chi connectivity index (χ1) is 13.9. The third-order valence-corrected chi connectivity index (χ3v) is 5.49. The second kappa shape index (κ2) is 9.03. The summed E-state index contributed by atoms with van der Waals surface area (Å²) in [7, 11) is 0. The van der Waals surface area contributed by atoms with Gasteiger partial charge in [0.05, 0.1) is 6.54 Å². The first-order valence-electron chi connectivity index (χ1n) is 9.80. The lowest BCUT2D eigenvalue weighted by molar-refractivity contribution is -0.117. The minimum Gasteiger partial charge on any atom is -0.346 e. The summed E-state index contributed by atoms with van der Waals surface area (Å²) in [5, 5.41) is 11.9. The summed E-state index contributed by atoms with van der Waals surface area (Å²) in [6.45, 7) is 1.12. The van der Waals surface area contributed by atoms with E-state index in [1.165, 1.54) is 25.5 Å². The van der Waals surface area contributed by atoms with Crippen molar-refractivity contribution < 1.29 is 13.6 Å². The number of rotatable bonds is 6. The normalized spacial score (nSPS) is 15.5. The Kier molecular flexibility index (Phi) is 6.47. The smallest absolute Gasteiger partial charge is 0.319 e. The Bertz CT molecular complexity index is 945. The van der Waals surface area contributed by atoms with E-state index in [1.807, 2.05) is 26.0 Å². The van der Waals surface area contributed by atoms with Crippen molar-refractivity contribution in [2.24, 2.45) is 0 Å². The number of aryl methyl sites for hydroxylation is 1. The van der Waals surface area contributed by atoms with Gasteiger partial charge in [-0.3, -0.25) is 9.36 Å². The molecule has 154 valence electrons. The summed E-state index contributed by atoms with van der Waals surface area (Å²) in [5.41, 5.74) is 2.90. The highest BCUT2D eigenvalue weighted by molar-refractivity contribution is 6.01. The van der Waals surface area contributed by atoms with E-state index in [0.717, 1.165) is 36.0 Å². The molecule has 0 aliphatic heterocycles. The van der Waals surface area contributed by atoms with Crippen LogP contribution >= 0.6 is 0 Å². The van der Waals surface area contributed by atoms with Crippen LogP contribution in [0.4, 0.5) is 8.78 Å². The number of carbonyl (C=O) groups excluding carboxylic acids is 1. The SMILES string of the molecule is Cc1cc(/C=C(/C#N)C(=O)NCc2nccn2C(F)F)c(C)n1C1CCCCC1. The molecule has 1 aliphatic rings. The minimum atomic E-state index is -2.74. The second-order valence-electron chi connectivity index (χ2n) is 7.37. The van der Waals surface area contributed by atoms with E-state index in [4.69, 9.17) is 0 Å². The molecule has 0 spiro atoms. The van der Waals surface area contributed by atoms with E-state index >= 15 is 0 Å². The Hall–Kier alpha value is -2.95. The van der Waals surface area contributed by atoms with Crippen LogP contribution in [0.1, 0.15) is 67.5 Å². The fraction of sp³-hybridized carbons (Fsp3) is 0.476. The van der Waals surface area contributed by atoms with Crippen LogP contribution in [0.3, 0.4) is 0 Å². The molecule has 8 heteroatoms. The highest BCUT2D eigenvalue weighted by Crippen LogP contribution is 2.32. The minimum absolute atomic E-state index is 0.0288. The number of aromatic nitrogens is 3. The molecule has 0 bridgehead atoms. The molecule has 6 nitrogen and oxygen atoms in total. The van der Waals surface area contributed by atoms with Gasteiger partial charge in [0.25, 0.3) is 5.91 Å². The number of alkyl halides is 2. The van der Waals surface area contributed by atoms with Gasteiger partial charge in [0.15, 0.2) is 0 Å². The number of nitrogens with one attached hydrogen (secondary N) is 1. The quantitative estimate of drug-likeness (QED) is 0.575. The number of hydrogen-bond acceptors (Lipinski definition) is 3. The maximum absolute atomic E-state index is 12.9. The van der Waals surface area contributed by atoms with Crippen molar-refractivity contribution in [1.82, 2.24) is 19.4 Å². The van der Waals surface area contributed by atoms with Crippen molar-refractivity contribution in [3.63, 3.8) is 0 Å². The predicted octanol–water partition coefficient (Wildman–Crippen LogP) is 4.43. The van der Waals surface area contributed by atoms with Gasteiger partial charge in [-0.15, -0.1) is 0 Å². The number of imidazole rings is 1. The molecule has 3 rings (SSSR count). The van der Waals surface area contributed by atoms with Crippen LogP contribution in [0.25, 0.3) is 6.08 Å². The molecule has 0 radical (unpaired) electrons. The topological polar surface area (TPSA) is 75.6 Å². The van der Waals surface area contributed by atoms with E-state index < -0.39 is 12.5 Å². The number of nitriles is 1. The molecule has 29 heavy (non-hydrogen) atoms. The summed E-state index contributed by atoms with van der Waals surface area (Å²) in [6.07, 6.45) is 9.94. The summed E-state index contributed by atoms with van der Waals surface area (Å²) < 4.78 is 28.7. The molecule has 1 N–H and O–H groups in total. The number of carbonyl (C=O) groups is 1. The molecule has 2 heterocycles. The maximum Gasteiger partial charge on any atom is 0.319 e. The highest BCUT2D eigenvalue weighted by Gasteiger charge is 2.20. The molecular weight excluding hydrogens is 376 g/mol. The monoisotopic (exact) mass is 401 g/mol. The number of nitrogens with zero attached hydrogens (tertiary/aromatic N) is 4. The number of hydrogen-bond donors (Lipinski definition) is 1. The highest BCUT2D eigenvalue weighted by atomic mass is 19.3. The average Bonchev–Trinajstić information content (AvgIpc) is 3.29. The van der Waals surface area contributed by atoms with Gasteiger partial charge >= 0.3 is 6.55 Å². The van der Waals surface area contributed by atoms with Crippen molar-refractivity contribution in [2.75, 3.05) is 0 Å². The first-order valence-corrected chi connectivity index (χ1v) is 9.80. The van der Waals surface area contributed by atoms with Crippen molar-refractivity contribution in [1.29, 1.82) is 5.26 Å². The Morgan fingerprint density at radius 2 is 2.10 bits per heavy atom. The molecule has 1 aliphatic carbocycles. The molecule has 0 unspecified atom stereocenters. The molecule has 1 saturated carbocycles.